The summed E-state index contributed by atoms with van der Waals surface area (Å²) in [6.07, 6.45) is 3.34. The first-order valence-corrected chi connectivity index (χ1v) is 7.41. The van der Waals surface area contributed by atoms with E-state index < -0.39 is 5.79 Å². The van der Waals surface area contributed by atoms with Gasteiger partial charge in [0, 0.05) is 37.5 Å². The summed E-state index contributed by atoms with van der Waals surface area (Å²) in [5.74, 6) is -0.435. The van der Waals surface area contributed by atoms with Gasteiger partial charge in [0.2, 0.25) is 0 Å². The molecule has 2 fully saturated rings. The molecule has 21 heavy (non-hydrogen) atoms. The van der Waals surface area contributed by atoms with Crippen LogP contribution in [0.5, 0.6) is 0 Å². The first-order valence-electron chi connectivity index (χ1n) is 7.41. The van der Waals surface area contributed by atoms with E-state index in [9.17, 15) is 4.79 Å². The molecule has 0 saturated carbocycles. The fraction of sp³-hybridized carbons (Fsp3) is 0.438. The van der Waals surface area contributed by atoms with Crippen molar-refractivity contribution in [2.45, 2.75) is 18.6 Å². The van der Waals surface area contributed by atoms with E-state index in [0.717, 1.165) is 23.7 Å². The van der Waals surface area contributed by atoms with Crippen molar-refractivity contribution in [3.8, 4) is 0 Å². The third-order valence-electron chi connectivity index (χ3n) is 4.41. The minimum atomic E-state index is -0.435. The summed E-state index contributed by atoms with van der Waals surface area (Å²) in [6, 6.07) is 9.94. The van der Waals surface area contributed by atoms with Crippen LogP contribution >= 0.6 is 0 Å². The molecule has 5 heteroatoms. The molecule has 2 saturated heterocycles. The quantitative estimate of drug-likeness (QED) is 0.747. The zero-order valence-corrected chi connectivity index (χ0v) is 11.8. The molecule has 1 aromatic carbocycles. The summed E-state index contributed by atoms with van der Waals surface area (Å²) in [4.78, 5) is 14.6. The van der Waals surface area contributed by atoms with Gasteiger partial charge < -0.3 is 14.4 Å². The fourth-order valence-electron chi connectivity index (χ4n) is 3.23. The Morgan fingerprint density at radius 2 is 1.76 bits per heavy atom. The monoisotopic (exact) mass is 286 g/mol. The second kappa shape index (κ2) is 4.86. The molecule has 2 aliphatic heterocycles. The highest BCUT2D eigenvalue weighted by Crippen LogP contribution is 2.31. The fourth-order valence-corrected chi connectivity index (χ4v) is 3.23. The molecule has 0 radical (unpaired) electrons. The molecule has 0 bridgehead atoms. The first kappa shape index (κ1) is 12.9. The van der Waals surface area contributed by atoms with Gasteiger partial charge in [-0.2, -0.15) is 0 Å². The Hall–Kier alpha value is -1.85. The Labute approximate surface area is 123 Å². The summed E-state index contributed by atoms with van der Waals surface area (Å²) in [6.45, 7) is 2.67. The molecule has 0 aliphatic carbocycles. The highest BCUT2D eigenvalue weighted by molar-refractivity contribution is 5.91. The van der Waals surface area contributed by atoms with Crippen molar-refractivity contribution in [3.05, 3.63) is 36.5 Å². The third-order valence-corrected chi connectivity index (χ3v) is 4.41. The molecule has 2 aliphatic rings. The number of carbonyl (C=O) groups is 1. The van der Waals surface area contributed by atoms with Gasteiger partial charge in [-0.1, -0.05) is 18.2 Å². The number of likely N-dealkylation sites (tertiary alicyclic amines) is 1. The molecule has 110 valence electrons. The van der Waals surface area contributed by atoms with Crippen molar-refractivity contribution in [1.29, 1.82) is 0 Å². The highest BCUT2D eigenvalue weighted by atomic mass is 16.7. The predicted molar refractivity (Wildman–Crippen MR) is 78.2 cm³/mol. The van der Waals surface area contributed by atoms with E-state index in [2.05, 4.69) is 0 Å². The van der Waals surface area contributed by atoms with Crippen LogP contribution in [0.4, 0.5) is 4.79 Å². The Morgan fingerprint density at radius 1 is 1.05 bits per heavy atom. The number of hydrogen-bond acceptors (Lipinski definition) is 3. The van der Waals surface area contributed by atoms with Gasteiger partial charge in [0.15, 0.2) is 5.79 Å². The number of aromatic nitrogens is 1. The van der Waals surface area contributed by atoms with Crippen molar-refractivity contribution in [2.24, 2.45) is 0 Å². The molecule has 1 amide bonds. The molecule has 3 heterocycles. The van der Waals surface area contributed by atoms with Crippen LogP contribution in [-0.4, -0.2) is 47.6 Å². The summed E-state index contributed by atoms with van der Waals surface area (Å²) in [5, 5.41) is 1.08. The number of carbonyl (C=O) groups excluding carboxylic acids is 1. The molecule has 4 rings (SSSR count). The van der Waals surface area contributed by atoms with Crippen LogP contribution in [0.2, 0.25) is 0 Å². The lowest BCUT2D eigenvalue weighted by molar-refractivity contribution is -0.181. The number of hydrogen-bond donors (Lipinski definition) is 0. The van der Waals surface area contributed by atoms with E-state index in [1.807, 2.05) is 41.4 Å². The van der Waals surface area contributed by atoms with E-state index in [1.165, 1.54) is 0 Å². The number of nitrogens with zero attached hydrogens (tertiary/aromatic N) is 2. The Morgan fingerprint density at radius 3 is 2.52 bits per heavy atom. The van der Waals surface area contributed by atoms with Crippen molar-refractivity contribution in [2.75, 3.05) is 26.3 Å². The van der Waals surface area contributed by atoms with E-state index in [1.54, 1.807) is 4.57 Å². The number of fused-ring (bicyclic) bond motifs is 1. The lowest BCUT2D eigenvalue weighted by Crippen LogP contribution is -2.48. The summed E-state index contributed by atoms with van der Waals surface area (Å²) in [5.41, 5.74) is 0.955. The number of rotatable bonds is 0. The zero-order valence-electron chi connectivity index (χ0n) is 11.8. The van der Waals surface area contributed by atoms with E-state index in [0.29, 0.717) is 26.3 Å². The van der Waals surface area contributed by atoms with Crippen LogP contribution in [-0.2, 0) is 9.47 Å². The van der Waals surface area contributed by atoms with Crippen molar-refractivity contribution >= 4 is 16.9 Å². The Kier molecular flexibility index (Phi) is 2.97. The second-order valence-electron chi connectivity index (χ2n) is 5.62. The van der Waals surface area contributed by atoms with E-state index >= 15 is 0 Å². The van der Waals surface area contributed by atoms with Crippen LogP contribution in [0.1, 0.15) is 12.8 Å². The van der Waals surface area contributed by atoms with Crippen LogP contribution < -0.4 is 0 Å². The minimum absolute atomic E-state index is 0.0315. The van der Waals surface area contributed by atoms with Crippen molar-refractivity contribution in [1.82, 2.24) is 9.47 Å². The second-order valence-corrected chi connectivity index (χ2v) is 5.62. The third kappa shape index (κ3) is 2.13. The van der Waals surface area contributed by atoms with Gasteiger partial charge in [0.1, 0.15) is 0 Å². The molecule has 1 spiro atoms. The van der Waals surface area contributed by atoms with Gasteiger partial charge in [0.05, 0.1) is 18.7 Å². The maximum absolute atomic E-state index is 12.7. The lowest BCUT2D eigenvalue weighted by atomic mass is 10.0. The average Bonchev–Trinajstić information content (AvgIpc) is 3.15. The van der Waals surface area contributed by atoms with Gasteiger partial charge in [-0.25, -0.2) is 4.79 Å². The zero-order chi connectivity index (χ0) is 14.3. The normalized spacial score (nSPS) is 21.2. The average molecular weight is 286 g/mol. The minimum Gasteiger partial charge on any atom is -0.347 e. The van der Waals surface area contributed by atoms with Gasteiger partial charge in [-0.05, 0) is 12.1 Å². The topological polar surface area (TPSA) is 43.7 Å². The number of benzene rings is 1. The molecule has 5 nitrogen and oxygen atoms in total. The largest absolute Gasteiger partial charge is 0.347 e. The van der Waals surface area contributed by atoms with Crippen LogP contribution in [0.25, 0.3) is 10.9 Å². The molecule has 2 aromatic rings. The molecular formula is C16H18N2O3. The van der Waals surface area contributed by atoms with Gasteiger partial charge in [-0.15, -0.1) is 0 Å². The van der Waals surface area contributed by atoms with Crippen LogP contribution in [0.15, 0.2) is 36.5 Å². The standard InChI is InChI=1S/C16H18N2O3/c19-15(18-8-5-13-3-1-2-4-14(13)18)17-9-6-16(7-10-17)20-11-12-21-16/h1-5,8H,6-7,9-12H2. The number of para-hydroxylation sites is 1. The maximum Gasteiger partial charge on any atom is 0.328 e. The molecule has 0 N–H and O–H groups in total. The van der Waals surface area contributed by atoms with Crippen LogP contribution in [0.3, 0.4) is 0 Å². The van der Waals surface area contributed by atoms with Crippen molar-refractivity contribution in [3.63, 3.8) is 0 Å². The predicted octanol–water partition coefficient (Wildman–Crippen LogP) is 2.45. The van der Waals surface area contributed by atoms with Crippen LogP contribution in [0, 0.1) is 0 Å². The summed E-state index contributed by atoms with van der Waals surface area (Å²) < 4.78 is 13.1. The molecule has 0 atom stereocenters. The highest BCUT2D eigenvalue weighted by Gasteiger charge is 2.41. The molecular weight excluding hydrogens is 268 g/mol. The van der Waals surface area contributed by atoms with E-state index in [-0.39, 0.29) is 6.03 Å². The molecule has 0 unspecified atom stereocenters. The maximum atomic E-state index is 12.7. The summed E-state index contributed by atoms with van der Waals surface area (Å²) >= 11 is 0. The lowest BCUT2D eigenvalue weighted by Gasteiger charge is -2.37. The number of ether oxygens (including phenoxy) is 2. The van der Waals surface area contributed by atoms with Crippen molar-refractivity contribution < 1.29 is 14.3 Å². The van der Waals surface area contributed by atoms with Gasteiger partial charge in [-0.3, -0.25) is 4.57 Å². The smallest absolute Gasteiger partial charge is 0.328 e. The number of piperidine rings is 1. The molecule has 1 aromatic heterocycles. The van der Waals surface area contributed by atoms with E-state index in [4.69, 9.17) is 9.47 Å². The van der Waals surface area contributed by atoms with Gasteiger partial charge in [0.25, 0.3) is 0 Å². The summed E-state index contributed by atoms with van der Waals surface area (Å²) in [7, 11) is 0. The SMILES string of the molecule is O=C(N1CCC2(CC1)OCCO2)n1ccc2ccccc21. The Bertz CT molecular complexity index is 663. The van der Waals surface area contributed by atoms with Gasteiger partial charge >= 0.3 is 6.03 Å². The Balaban J connectivity index is 1.53. The number of amides is 1. The first-order chi connectivity index (χ1) is 10.3.